The third kappa shape index (κ3) is 4.64. The van der Waals surface area contributed by atoms with Crippen LogP contribution in [0.25, 0.3) is 0 Å². The number of nitrogens with one attached hydrogen (secondary N) is 1. The van der Waals surface area contributed by atoms with Gasteiger partial charge in [0.2, 0.25) is 5.91 Å². The lowest BCUT2D eigenvalue weighted by Crippen LogP contribution is -2.15. The highest BCUT2D eigenvalue weighted by Crippen LogP contribution is 2.13. The fourth-order valence-electron chi connectivity index (χ4n) is 1.93. The summed E-state index contributed by atoms with van der Waals surface area (Å²) in [6.07, 6.45) is 1.27. The number of aryl methyl sites for hydroxylation is 1. The summed E-state index contributed by atoms with van der Waals surface area (Å²) in [5.74, 6) is 0.651. The Kier molecular flexibility index (Phi) is 5.56. The third-order valence-corrected chi connectivity index (χ3v) is 3.23. The predicted molar refractivity (Wildman–Crippen MR) is 85.7 cm³/mol. The minimum absolute atomic E-state index is 0.116. The van der Waals surface area contributed by atoms with E-state index in [0.717, 1.165) is 12.2 Å². The highest BCUT2D eigenvalue weighted by Gasteiger charge is 2.03. The van der Waals surface area contributed by atoms with Gasteiger partial charge in [-0.15, -0.1) is 0 Å². The average molecular weight is 294 g/mol. The van der Waals surface area contributed by atoms with Gasteiger partial charge in [0.05, 0.1) is 24.7 Å². The number of benzene rings is 2. The van der Waals surface area contributed by atoms with Crippen molar-refractivity contribution in [3.05, 3.63) is 59.7 Å². The van der Waals surface area contributed by atoms with E-state index in [9.17, 15) is 4.79 Å². The van der Waals surface area contributed by atoms with Gasteiger partial charge in [0.25, 0.3) is 0 Å². The van der Waals surface area contributed by atoms with Gasteiger partial charge in [-0.3, -0.25) is 4.79 Å². The summed E-state index contributed by atoms with van der Waals surface area (Å²) in [5.41, 5.74) is 2.50. The Hall–Kier alpha value is -2.80. The molecule has 0 aliphatic carbocycles. The second-order valence-electron chi connectivity index (χ2n) is 4.83. The molecule has 2 aromatic rings. The molecule has 0 spiro atoms. The van der Waals surface area contributed by atoms with Crippen molar-refractivity contribution in [2.24, 2.45) is 0 Å². The molecule has 0 saturated carbocycles. The number of ether oxygens (including phenoxy) is 1. The van der Waals surface area contributed by atoms with Crippen LogP contribution in [-0.4, -0.2) is 12.5 Å². The molecule has 1 amide bonds. The lowest BCUT2D eigenvalue weighted by molar-refractivity contribution is -0.116. The molecule has 4 nitrogen and oxygen atoms in total. The fraction of sp³-hybridized carbons (Fsp3) is 0.222. The lowest BCUT2D eigenvalue weighted by Gasteiger charge is -2.08. The van der Waals surface area contributed by atoms with Gasteiger partial charge in [0.1, 0.15) is 5.75 Å². The number of nitrogens with zero attached hydrogens (tertiary/aromatic N) is 1. The minimum Gasteiger partial charge on any atom is -0.493 e. The van der Waals surface area contributed by atoms with Crippen molar-refractivity contribution < 1.29 is 9.53 Å². The third-order valence-electron chi connectivity index (χ3n) is 3.23. The van der Waals surface area contributed by atoms with Crippen LogP contribution in [0.2, 0.25) is 0 Å². The molecule has 0 unspecified atom stereocenters. The largest absolute Gasteiger partial charge is 0.493 e. The summed E-state index contributed by atoms with van der Waals surface area (Å²) >= 11 is 0. The number of anilines is 1. The van der Waals surface area contributed by atoms with E-state index in [1.54, 1.807) is 24.3 Å². The summed E-state index contributed by atoms with van der Waals surface area (Å²) in [5, 5.41) is 11.5. The summed E-state index contributed by atoms with van der Waals surface area (Å²) in [7, 11) is 0. The first-order chi connectivity index (χ1) is 10.7. The van der Waals surface area contributed by atoms with Crippen molar-refractivity contribution in [1.82, 2.24) is 0 Å². The van der Waals surface area contributed by atoms with Crippen LogP contribution < -0.4 is 10.1 Å². The minimum atomic E-state index is -0.116. The van der Waals surface area contributed by atoms with Gasteiger partial charge in [-0.05, 0) is 48.4 Å². The van der Waals surface area contributed by atoms with Crippen LogP contribution in [0.1, 0.15) is 24.5 Å². The maximum atomic E-state index is 11.8. The lowest BCUT2D eigenvalue weighted by atomic mass is 10.2. The van der Waals surface area contributed by atoms with Crippen LogP contribution in [0.4, 0.5) is 5.69 Å². The molecule has 0 radical (unpaired) electrons. The molecule has 2 aromatic carbocycles. The zero-order valence-corrected chi connectivity index (χ0v) is 12.5. The topological polar surface area (TPSA) is 62.1 Å². The van der Waals surface area contributed by atoms with Crippen LogP contribution in [0.3, 0.4) is 0 Å². The summed E-state index contributed by atoms with van der Waals surface area (Å²) < 4.78 is 5.55. The standard InChI is InChI=1S/C18H18N2O2/c1-2-14-5-9-17(10-6-14)22-12-11-18(21)20-16-7-3-15(13-19)4-8-16/h3-10H,2,11-12H2,1H3,(H,20,21). The molecule has 0 fully saturated rings. The Bertz CT molecular complexity index is 655. The number of rotatable bonds is 6. The van der Waals surface area contributed by atoms with Crippen molar-refractivity contribution in [2.75, 3.05) is 11.9 Å². The zero-order chi connectivity index (χ0) is 15.8. The quantitative estimate of drug-likeness (QED) is 0.886. The highest BCUT2D eigenvalue weighted by atomic mass is 16.5. The number of hydrogen-bond donors (Lipinski definition) is 1. The van der Waals surface area contributed by atoms with Crippen molar-refractivity contribution in [2.45, 2.75) is 19.8 Å². The van der Waals surface area contributed by atoms with Crippen molar-refractivity contribution in [3.63, 3.8) is 0 Å². The molecule has 0 aliphatic heterocycles. The average Bonchev–Trinajstić information content (AvgIpc) is 2.56. The molecule has 0 bridgehead atoms. The van der Waals surface area contributed by atoms with Crippen LogP contribution in [-0.2, 0) is 11.2 Å². The molecule has 0 aliphatic rings. The number of amides is 1. The normalized spacial score (nSPS) is 9.82. The van der Waals surface area contributed by atoms with E-state index in [1.165, 1.54) is 5.56 Å². The van der Waals surface area contributed by atoms with Gasteiger partial charge in [-0.2, -0.15) is 5.26 Å². The Morgan fingerprint density at radius 1 is 1.14 bits per heavy atom. The number of carbonyl (C=O) groups excluding carboxylic acids is 1. The molecule has 0 heterocycles. The molecular formula is C18H18N2O2. The van der Waals surface area contributed by atoms with Gasteiger partial charge in [0, 0.05) is 5.69 Å². The maximum Gasteiger partial charge on any atom is 0.227 e. The Morgan fingerprint density at radius 2 is 1.82 bits per heavy atom. The zero-order valence-electron chi connectivity index (χ0n) is 12.5. The molecule has 0 atom stereocenters. The SMILES string of the molecule is CCc1ccc(OCCC(=O)Nc2ccc(C#N)cc2)cc1. The highest BCUT2D eigenvalue weighted by molar-refractivity contribution is 5.90. The van der Waals surface area contributed by atoms with Crippen LogP contribution in [0, 0.1) is 11.3 Å². The molecule has 2 rings (SSSR count). The Labute approximate surface area is 130 Å². The van der Waals surface area contributed by atoms with E-state index in [4.69, 9.17) is 10.00 Å². The second kappa shape index (κ2) is 7.84. The van der Waals surface area contributed by atoms with E-state index >= 15 is 0 Å². The van der Waals surface area contributed by atoms with Gasteiger partial charge in [-0.25, -0.2) is 0 Å². The van der Waals surface area contributed by atoms with Gasteiger partial charge in [0.15, 0.2) is 0 Å². The molecule has 112 valence electrons. The van der Waals surface area contributed by atoms with Gasteiger partial charge < -0.3 is 10.1 Å². The molecule has 22 heavy (non-hydrogen) atoms. The van der Waals surface area contributed by atoms with Gasteiger partial charge in [-0.1, -0.05) is 19.1 Å². The monoisotopic (exact) mass is 294 g/mol. The molecule has 4 heteroatoms. The number of nitriles is 1. The first-order valence-electron chi connectivity index (χ1n) is 7.23. The van der Waals surface area contributed by atoms with Crippen molar-refractivity contribution in [3.8, 4) is 11.8 Å². The van der Waals surface area contributed by atoms with E-state index in [-0.39, 0.29) is 12.3 Å². The molecule has 1 N–H and O–H groups in total. The summed E-state index contributed by atoms with van der Waals surface area (Å²) in [4.78, 5) is 11.8. The molecule has 0 aromatic heterocycles. The van der Waals surface area contributed by atoms with Crippen LogP contribution in [0.5, 0.6) is 5.75 Å². The Morgan fingerprint density at radius 3 is 2.41 bits per heavy atom. The summed E-state index contributed by atoms with van der Waals surface area (Å²) in [6, 6.07) is 16.7. The van der Waals surface area contributed by atoms with Crippen LogP contribution >= 0.6 is 0 Å². The van der Waals surface area contributed by atoms with E-state index < -0.39 is 0 Å². The fourth-order valence-corrected chi connectivity index (χ4v) is 1.93. The molecular weight excluding hydrogens is 276 g/mol. The smallest absolute Gasteiger partial charge is 0.227 e. The first-order valence-corrected chi connectivity index (χ1v) is 7.23. The van der Waals surface area contributed by atoms with E-state index in [2.05, 4.69) is 12.2 Å². The van der Waals surface area contributed by atoms with E-state index in [0.29, 0.717) is 17.9 Å². The number of hydrogen-bond acceptors (Lipinski definition) is 3. The van der Waals surface area contributed by atoms with Crippen LogP contribution in [0.15, 0.2) is 48.5 Å². The van der Waals surface area contributed by atoms with E-state index in [1.807, 2.05) is 30.3 Å². The summed E-state index contributed by atoms with van der Waals surface area (Å²) in [6.45, 7) is 2.43. The number of carbonyl (C=O) groups is 1. The first kappa shape index (κ1) is 15.6. The van der Waals surface area contributed by atoms with Gasteiger partial charge >= 0.3 is 0 Å². The maximum absolute atomic E-state index is 11.8. The predicted octanol–water partition coefficient (Wildman–Crippen LogP) is 3.53. The van der Waals surface area contributed by atoms with Crippen molar-refractivity contribution in [1.29, 1.82) is 5.26 Å². The molecule has 0 saturated heterocycles. The van der Waals surface area contributed by atoms with Crippen molar-refractivity contribution >= 4 is 11.6 Å². The Balaban J connectivity index is 1.76. The second-order valence-corrected chi connectivity index (χ2v) is 4.83.